The highest BCUT2D eigenvalue weighted by atomic mass is 14.6. The predicted molar refractivity (Wildman–Crippen MR) is 60.5 cm³/mol. The van der Waals surface area contributed by atoms with Crippen LogP contribution in [0.15, 0.2) is 18.2 Å². The van der Waals surface area contributed by atoms with Crippen LogP contribution in [-0.2, 0) is 5.41 Å². The highest BCUT2D eigenvalue weighted by Crippen LogP contribution is 2.44. The van der Waals surface area contributed by atoms with Gasteiger partial charge in [0.15, 0.2) is 0 Å². The molecule has 1 aliphatic carbocycles. The normalized spacial score (nSPS) is 19.1. The third kappa shape index (κ3) is 1.36. The molecule has 0 aliphatic heterocycles. The lowest BCUT2D eigenvalue weighted by atomic mass is 9.63. The SMILES string of the molecule is Cc1ccc(C)c(C2(CN)CCC2)c1. The molecule has 1 aromatic carbocycles. The molecular weight excluding hydrogens is 170 g/mol. The van der Waals surface area contributed by atoms with Crippen molar-refractivity contribution in [2.75, 3.05) is 6.54 Å². The van der Waals surface area contributed by atoms with Gasteiger partial charge < -0.3 is 5.73 Å². The average Bonchev–Trinajstić information content (AvgIpc) is 2.10. The zero-order valence-electron chi connectivity index (χ0n) is 9.14. The molecule has 0 heterocycles. The van der Waals surface area contributed by atoms with E-state index >= 15 is 0 Å². The largest absolute Gasteiger partial charge is 0.330 e. The van der Waals surface area contributed by atoms with Gasteiger partial charge in [-0.3, -0.25) is 0 Å². The number of nitrogens with two attached hydrogens (primary N) is 1. The van der Waals surface area contributed by atoms with Crippen molar-refractivity contribution < 1.29 is 0 Å². The fourth-order valence-electron chi connectivity index (χ4n) is 2.49. The van der Waals surface area contributed by atoms with Crippen LogP contribution in [0.4, 0.5) is 0 Å². The Morgan fingerprint density at radius 2 is 2.00 bits per heavy atom. The zero-order valence-corrected chi connectivity index (χ0v) is 9.14. The summed E-state index contributed by atoms with van der Waals surface area (Å²) >= 11 is 0. The van der Waals surface area contributed by atoms with E-state index in [2.05, 4.69) is 32.0 Å². The molecule has 1 aromatic rings. The summed E-state index contributed by atoms with van der Waals surface area (Å²) in [5.74, 6) is 0. The van der Waals surface area contributed by atoms with E-state index < -0.39 is 0 Å². The van der Waals surface area contributed by atoms with Crippen LogP contribution in [0.3, 0.4) is 0 Å². The minimum absolute atomic E-state index is 0.316. The fraction of sp³-hybridized carbons (Fsp3) is 0.538. The van der Waals surface area contributed by atoms with Crippen molar-refractivity contribution in [3.8, 4) is 0 Å². The highest BCUT2D eigenvalue weighted by molar-refractivity contribution is 5.38. The monoisotopic (exact) mass is 189 g/mol. The van der Waals surface area contributed by atoms with Crippen LogP contribution >= 0.6 is 0 Å². The molecular formula is C13H19N. The Balaban J connectivity index is 2.43. The molecule has 1 nitrogen and oxygen atoms in total. The molecule has 0 amide bonds. The van der Waals surface area contributed by atoms with E-state index in [0.29, 0.717) is 5.41 Å². The lowest BCUT2D eigenvalue weighted by Crippen LogP contribution is -2.42. The molecule has 0 bridgehead atoms. The van der Waals surface area contributed by atoms with Crippen LogP contribution in [0.25, 0.3) is 0 Å². The number of rotatable bonds is 2. The number of benzene rings is 1. The molecule has 2 N–H and O–H groups in total. The topological polar surface area (TPSA) is 26.0 Å². The number of hydrogen-bond acceptors (Lipinski definition) is 1. The Morgan fingerprint density at radius 3 is 2.50 bits per heavy atom. The maximum absolute atomic E-state index is 5.92. The van der Waals surface area contributed by atoms with Gasteiger partial charge in [-0.05, 0) is 37.8 Å². The Labute approximate surface area is 86.3 Å². The Hall–Kier alpha value is -0.820. The highest BCUT2D eigenvalue weighted by Gasteiger charge is 2.38. The maximum Gasteiger partial charge on any atom is 0.00782 e. The van der Waals surface area contributed by atoms with Gasteiger partial charge in [0, 0.05) is 12.0 Å². The van der Waals surface area contributed by atoms with Crippen LogP contribution in [0.5, 0.6) is 0 Å². The molecule has 0 saturated heterocycles. The van der Waals surface area contributed by atoms with Gasteiger partial charge >= 0.3 is 0 Å². The average molecular weight is 189 g/mol. The van der Waals surface area contributed by atoms with Gasteiger partial charge in [0.2, 0.25) is 0 Å². The maximum atomic E-state index is 5.92. The van der Waals surface area contributed by atoms with Crippen LogP contribution < -0.4 is 5.73 Å². The van der Waals surface area contributed by atoms with E-state index in [1.165, 1.54) is 36.0 Å². The molecule has 1 heteroatoms. The Bertz CT molecular complexity index is 332. The van der Waals surface area contributed by atoms with Crippen molar-refractivity contribution in [2.45, 2.75) is 38.5 Å². The van der Waals surface area contributed by atoms with E-state index in [-0.39, 0.29) is 0 Å². The first-order valence-corrected chi connectivity index (χ1v) is 5.46. The first-order chi connectivity index (χ1) is 6.68. The molecule has 0 unspecified atom stereocenters. The second-order valence-corrected chi connectivity index (χ2v) is 4.66. The summed E-state index contributed by atoms with van der Waals surface area (Å²) in [6.07, 6.45) is 3.88. The number of aryl methyl sites for hydroxylation is 2. The van der Waals surface area contributed by atoms with Crippen LogP contribution in [0.1, 0.15) is 36.0 Å². The lowest BCUT2D eigenvalue weighted by Gasteiger charge is -2.42. The van der Waals surface area contributed by atoms with Crippen molar-refractivity contribution in [2.24, 2.45) is 5.73 Å². The first kappa shape index (κ1) is 9.72. The number of hydrogen-bond donors (Lipinski definition) is 1. The summed E-state index contributed by atoms with van der Waals surface area (Å²) in [4.78, 5) is 0. The Morgan fingerprint density at radius 1 is 1.29 bits per heavy atom. The second-order valence-electron chi connectivity index (χ2n) is 4.66. The minimum atomic E-state index is 0.316. The summed E-state index contributed by atoms with van der Waals surface area (Å²) in [6.45, 7) is 5.16. The van der Waals surface area contributed by atoms with Gasteiger partial charge in [0.05, 0.1) is 0 Å². The third-order valence-electron chi connectivity index (χ3n) is 3.67. The molecule has 2 rings (SSSR count). The Kier molecular flexibility index (Phi) is 2.36. The third-order valence-corrected chi connectivity index (χ3v) is 3.67. The van der Waals surface area contributed by atoms with E-state index in [9.17, 15) is 0 Å². The molecule has 0 radical (unpaired) electrons. The first-order valence-electron chi connectivity index (χ1n) is 5.46. The van der Waals surface area contributed by atoms with Crippen LogP contribution in [0.2, 0.25) is 0 Å². The van der Waals surface area contributed by atoms with Crippen molar-refractivity contribution in [3.63, 3.8) is 0 Å². The summed E-state index contributed by atoms with van der Waals surface area (Å²) < 4.78 is 0. The van der Waals surface area contributed by atoms with E-state index in [1.54, 1.807) is 0 Å². The predicted octanol–water partition coefficient (Wildman–Crippen LogP) is 2.68. The molecule has 1 saturated carbocycles. The fourth-order valence-corrected chi connectivity index (χ4v) is 2.49. The zero-order chi connectivity index (χ0) is 10.2. The molecule has 1 aliphatic rings. The molecule has 1 fully saturated rings. The smallest absolute Gasteiger partial charge is 0.00782 e. The van der Waals surface area contributed by atoms with Crippen molar-refractivity contribution in [3.05, 3.63) is 34.9 Å². The molecule has 0 atom stereocenters. The van der Waals surface area contributed by atoms with Crippen molar-refractivity contribution in [1.29, 1.82) is 0 Å². The van der Waals surface area contributed by atoms with E-state index in [1.807, 2.05) is 0 Å². The quantitative estimate of drug-likeness (QED) is 0.760. The van der Waals surface area contributed by atoms with Crippen LogP contribution in [-0.4, -0.2) is 6.54 Å². The van der Waals surface area contributed by atoms with Gasteiger partial charge in [-0.25, -0.2) is 0 Å². The van der Waals surface area contributed by atoms with Gasteiger partial charge in [-0.2, -0.15) is 0 Å². The molecule has 0 aromatic heterocycles. The summed E-state index contributed by atoms with van der Waals surface area (Å²) in [5, 5.41) is 0. The summed E-state index contributed by atoms with van der Waals surface area (Å²) in [7, 11) is 0. The molecule has 76 valence electrons. The lowest BCUT2D eigenvalue weighted by molar-refractivity contribution is 0.252. The van der Waals surface area contributed by atoms with Crippen molar-refractivity contribution in [1.82, 2.24) is 0 Å². The van der Waals surface area contributed by atoms with Gasteiger partial charge in [-0.1, -0.05) is 30.2 Å². The molecule has 0 spiro atoms. The van der Waals surface area contributed by atoms with Gasteiger partial charge in [-0.15, -0.1) is 0 Å². The van der Waals surface area contributed by atoms with Crippen LogP contribution in [0, 0.1) is 13.8 Å². The van der Waals surface area contributed by atoms with Gasteiger partial charge in [0.1, 0.15) is 0 Å². The second kappa shape index (κ2) is 3.39. The van der Waals surface area contributed by atoms with Gasteiger partial charge in [0.25, 0.3) is 0 Å². The van der Waals surface area contributed by atoms with E-state index in [4.69, 9.17) is 5.73 Å². The van der Waals surface area contributed by atoms with Crippen molar-refractivity contribution >= 4 is 0 Å². The summed E-state index contributed by atoms with van der Waals surface area (Å²) in [6, 6.07) is 6.73. The van der Waals surface area contributed by atoms with E-state index in [0.717, 1.165) is 6.54 Å². The standard InChI is InChI=1S/C13H19N/c1-10-4-5-11(2)12(8-10)13(9-14)6-3-7-13/h4-5,8H,3,6-7,9,14H2,1-2H3. The minimum Gasteiger partial charge on any atom is -0.330 e. The molecule has 14 heavy (non-hydrogen) atoms. The summed E-state index contributed by atoms with van der Waals surface area (Å²) in [5.41, 5.74) is 10.5.